The van der Waals surface area contributed by atoms with E-state index in [1.165, 1.54) is 0 Å². The molecule has 4 heteroatoms. The van der Waals surface area contributed by atoms with Gasteiger partial charge in [-0.1, -0.05) is 19.8 Å². The maximum atomic E-state index is 11.2. The fourth-order valence-corrected chi connectivity index (χ4v) is 1.28. The quantitative estimate of drug-likeness (QED) is 0.406. The number of furan rings is 1. The van der Waals surface area contributed by atoms with Crippen LogP contribution in [0, 0.1) is 0 Å². The zero-order chi connectivity index (χ0) is 11.8. The summed E-state index contributed by atoms with van der Waals surface area (Å²) in [5, 5.41) is 0. The Balaban J connectivity index is 2.23. The van der Waals surface area contributed by atoms with E-state index in [0.717, 1.165) is 19.3 Å². The Bertz CT molecular complexity index is 341. The number of unbranched alkanes of at least 4 members (excludes halogenated alkanes) is 2. The lowest BCUT2D eigenvalue weighted by molar-refractivity contribution is -0.145. The highest BCUT2D eigenvalue weighted by molar-refractivity contribution is 5.70. The minimum absolute atomic E-state index is 0.0960. The standard InChI is InChI=1S/C12H16O4/c1-2-3-4-5-12(14)15-9-11-7-6-10(8-13)16-11/h6-8H,2-5,9H2,1H3. The summed E-state index contributed by atoms with van der Waals surface area (Å²) < 4.78 is 10.0. The van der Waals surface area contributed by atoms with Gasteiger partial charge in [-0.15, -0.1) is 0 Å². The second-order valence-electron chi connectivity index (χ2n) is 3.54. The van der Waals surface area contributed by atoms with Gasteiger partial charge in [-0.3, -0.25) is 9.59 Å². The number of esters is 1. The molecular formula is C12H16O4. The molecule has 0 saturated heterocycles. The Morgan fingerprint density at radius 1 is 1.44 bits per heavy atom. The number of rotatable bonds is 7. The Morgan fingerprint density at radius 3 is 2.88 bits per heavy atom. The molecule has 0 atom stereocenters. The molecule has 0 aliphatic carbocycles. The van der Waals surface area contributed by atoms with Crippen molar-refractivity contribution in [2.75, 3.05) is 0 Å². The van der Waals surface area contributed by atoms with Gasteiger partial charge in [0.15, 0.2) is 12.0 Å². The van der Waals surface area contributed by atoms with E-state index in [0.29, 0.717) is 18.5 Å². The van der Waals surface area contributed by atoms with Crippen molar-refractivity contribution in [2.45, 2.75) is 39.2 Å². The smallest absolute Gasteiger partial charge is 0.306 e. The Morgan fingerprint density at radius 2 is 2.25 bits per heavy atom. The van der Waals surface area contributed by atoms with E-state index in [9.17, 15) is 9.59 Å². The highest BCUT2D eigenvalue weighted by atomic mass is 16.5. The largest absolute Gasteiger partial charge is 0.457 e. The summed E-state index contributed by atoms with van der Waals surface area (Å²) >= 11 is 0. The van der Waals surface area contributed by atoms with Crippen molar-refractivity contribution in [1.29, 1.82) is 0 Å². The zero-order valence-corrected chi connectivity index (χ0v) is 9.40. The number of ether oxygens (including phenoxy) is 1. The Kier molecular flexibility index (Phi) is 5.32. The average Bonchev–Trinajstić information content (AvgIpc) is 2.74. The molecule has 0 aromatic carbocycles. The van der Waals surface area contributed by atoms with Crippen LogP contribution in [-0.4, -0.2) is 12.3 Å². The molecule has 4 nitrogen and oxygen atoms in total. The van der Waals surface area contributed by atoms with Crippen LogP contribution in [0.3, 0.4) is 0 Å². The number of carbonyl (C=O) groups is 2. The number of hydrogen-bond donors (Lipinski definition) is 0. The van der Waals surface area contributed by atoms with Crippen LogP contribution < -0.4 is 0 Å². The second kappa shape index (κ2) is 6.82. The molecular weight excluding hydrogens is 208 g/mol. The predicted octanol–water partition coefficient (Wildman–Crippen LogP) is 2.72. The highest BCUT2D eigenvalue weighted by Gasteiger charge is 2.05. The summed E-state index contributed by atoms with van der Waals surface area (Å²) in [6.07, 6.45) is 4.02. The van der Waals surface area contributed by atoms with Crippen molar-refractivity contribution in [3.63, 3.8) is 0 Å². The monoisotopic (exact) mass is 224 g/mol. The maximum absolute atomic E-state index is 11.2. The number of hydrogen-bond acceptors (Lipinski definition) is 4. The van der Waals surface area contributed by atoms with Crippen LogP contribution in [0.4, 0.5) is 0 Å². The van der Waals surface area contributed by atoms with Crippen molar-refractivity contribution < 1.29 is 18.7 Å². The van der Waals surface area contributed by atoms with Crippen LogP contribution in [0.25, 0.3) is 0 Å². The van der Waals surface area contributed by atoms with Crippen LogP contribution in [0.5, 0.6) is 0 Å². The van der Waals surface area contributed by atoms with Gasteiger partial charge in [-0.2, -0.15) is 0 Å². The van der Waals surface area contributed by atoms with Crippen LogP contribution in [0.15, 0.2) is 16.5 Å². The normalized spacial score (nSPS) is 10.1. The van der Waals surface area contributed by atoms with Crippen molar-refractivity contribution in [3.8, 4) is 0 Å². The van der Waals surface area contributed by atoms with Crippen LogP contribution in [0.1, 0.15) is 48.9 Å². The molecule has 16 heavy (non-hydrogen) atoms. The SMILES string of the molecule is CCCCCC(=O)OCc1ccc(C=O)o1. The van der Waals surface area contributed by atoms with Crippen LogP contribution >= 0.6 is 0 Å². The molecule has 0 aliphatic heterocycles. The van der Waals surface area contributed by atoms with Crippen molar-refractivity contribution in [3.05, 3.63) is 23.7 Å². The molecule has 0 amide bonds. The van der Waals surface area contributed by atoms with Crippen molar-refractivity contribution in [1.82, 2.24) is 0 Å². The molecule has 1 heterocycles. The third kappa shape index (κ3) is 4.29. The summed E-state index contributed by atoms with van der Waals surface area (Å²) in [6.45, 7) is 2.17. The number of carbonyl (C=O) groups excluding carboxylic acids is 2. The van der Waals surface area contributed by atoms with E-state index in [4.69, 9.17) is 9.15 Å². The van der Waals surface area contributed by atoms with Gasteiger partial charge in [-0.05, 0) is 18.6 Å². The van der Waals surface area contributed by atoms with Crippen molar-refractivity contribution >= 4 is 12.3 Å². The first-order chi connectivity index (χ1) is 7.76. The first kappa shape index (κ1) is 12.5. The minimum atomic E-state index is -0.225. The molecule has 0 spiro atoms. The van der Waals surface area contributed by atoms with E-state index >= 15 is 0 Å². The summed E-state index contributed by atoms with van der Waals surface area (Å²) in [5.41, 5.74) is 0. The first-order valence-electron chi connectivity index (χ1n) is 5.45. The van der Waals surface area contributed by atoms with Gasteiger partial charge in [0.25, 0.3) is 0 Å². The Hall–Kier alpha value is -1.58. The topological polar surface area (TPSA) is 56.5 Å². The summed E-state index contributed by atoms with van der Waals surface area (Å²) in [5.74, 6) is 0.514. The summed E-state index contributed by atoms with van der Waals surface area (Å²) in [4.78, 5) is 21.6. The molecule has 0 bridgehead atoms. The molecule has 0 unspecified atom stereocenters. The molecule has 0 radical (unpaired) electrons. The van der Waals surface area contributed by atoms with Gasteiger partial charge >= 0.3 is 5.97 Å². The first-order valence-corrected chi connectivity index (χ1v) is 5.45. The number of aldehydes is 1. The lowest BCUT2D eigenvalue weighted by atomic mass is 10.2. The fraction of sp³-hybridized carbons (Fsp3) is 0.500. The van der Waals surface area contributed by atoms with E-state index in [2.05, 4.69) is 6.92 Å². The second-order valence-corrected chi connectivity index (χ2v) is 3.54. The third-order valence-corrected chi connectivity index (χ3v) is 2.16. The molecule has 0 saturated carbocycles. The molecule has 88 valence electrons. The molecule has 1 aromatic heterocycles. The molecule has 1 rings (SSSR count). The average molecular weight is 224 g/mol. The minimum Gasteiger partial charge on any atom is -0.457 e. The van der Waals surface area contributed by atoms with Crippen LogP contribution in [0.2, 0.25) is 0 Å². The molecule has 0 fully saturated rings. The lowest BCUT2D eigenvalue weighted by Gasteiger charge is -2.01. The zero-order valence-electron chi connectivity index (χ0n) is 9.40. The van der Waals surface area contributed by atoms with Gasteiger partial charge in [0.1, 0.15) is 12.4 Å². The van der Waals surface area contributed by atoms with Gasteiger partial charge in [0.2, 0.25) is 0 Å². The fourth-order valence-electron chi connectivity index (χ4n) is 1.28. The van der Waals surface area contributed by atoms with E-state index in [1.54, 1.807) is 12.1 Å². The third-order valence-electron chi connectivity index (χ3n) is 2.16. The lowest BCUT2D eigenvalue weighted by Crippen LogP contribution is -2.03. The molecule has 0 aliphatic rings. The highest BCUT2D eigenvalue weighted by Crippen LogP contribution is 2.08. The summed E-state index contributed by atoms with van der Waals surface area (Å²) in [6, 6.07) is 3.18. The predicted molar refractivity (Wildman–Crippen MR) is 58.0 cm³/mol. The molecule has 1 aromatic rings. The van der Waals surface area contributed by atoms with Gasteiger partial charge in [-0.25, -0.2) is 0 Å². The van der Waals surface area contributed by atoms with E-state index in [-0.39, 0.29) is 18.3 Å². The van der Waals surface area contributed by atoms with Crippen LogP contribution in [-0.2, 0) is 16.1 Å². The van der Waals surface area contributed by atoms with Gasteiger partial charge in [0, 0.05) is 6.42 Å². The maximum Gasteiger partial charge on any atom is 0.306 e. The molecule has 0 N–H and O–H groups in total. The van der Waals surface area contributed by atoms with Gasteiger partial charge < -0.3 is 9.15 Å². The van der Waals surface area contributed by atoms with Crippen molar-refractivity contribution in [2.24, 2.45) is 0 Å². The van der Waals surface area contributed by atoms with Gasteiger partial charge in [0.05, 0.1) is 0 Å². The Labute approximate surface area is 94.6 Å². The summed E-state index contributed by atoms with van der Waals surface area (Å²) in [7, 11) is 0. The van der Waals surface area contributed by atoms with E-state index in [1.807, 2.05) is 0 Å². The van der Waals surface area contributed by atoms with E-state index < -0.39 is 0 Å².